The van der Waals surface area contributed by atoms with Gasteiger partial charge in [0.2, 0.25) is 5.95 Å². The van der Waals surface area contributed by atoms with Crippen molar-refractivity contribution in [2.75, 3.05) is 19.0 Å². The van der Waals surface area contributed by atoms with Crippen LogP contribution in [-0.2, 0) is 27.5 Å². The van der Waals surface area contributed by atoms with E-state index in [0.717, 1.165) is 37.4 Å². The Bertz CT molecular complexity index is 1140. The van der Waals surface area contributed by atoms with Gasteiger partial charge in [-0.2, -0.15) is 0 Å². The van der Waals surface area contributed by atoms with Crippen LogP contribution in [0.4, 0.5) is 5.95 Å². The Balaban J connectivity index is 0.000000383. The number of nitrogens with zero attached hydrogens (tertiary/aromatic N) is 5. The Kier molecular flexibility index (Phi) is 11.3. The van der Waals surface area contributed by atoms with Crippen molar-refractivity contribution in [1.29, 1.82) is 0 Å². The zero-order chi connectivity index (χ0) is 31.0. The molecule has 13 nitrogen and oxygen atoms in total. The van der Waals surface area contributed by atoms with E-state index in [1.54, 1.807) is 0 Å². The molecule has 3 rings (SSSR count). The largest absolute Gasteiger partial charge is 0.481 e. The molecule has 1 fully saturated rings. The summed E-state index contributed by atoms with van der Waals surface area (Å²) in [4.78, 5) is 48.3. The average molecular weight is 575 g/mol. The summed E-state index contributed by atoms with van der Waals surface area (Å²) >= 11 is 0. The summed E-state index contributed by atoms with van der Waals surface area (Å²) in [6, 6.07) is 4.64. The second-order valence-corrected chi connectivity index (χ2v) is 12.0. The highest BCUT2D eigenvalue weighted by atomic mass is 16.4. The number of anilines is 1. The Morgan fingerprint density at radius 3 is 1.85 bits per heavy atom. The Morgan fingerprint density at radius 2 is 1.44 bits per heavy atom. The molecule has 1 aliphatic rings. The van der Waals surface area contributed by atoms with Gasteiger partial charge in [0.15, 0.2) is 5.60 Å². The average Bonchev–Trinajstić information content (AvgIpc) is 2.82. The number of carboxylic acid groups (broad SMARTS) is 3. The molecule has 226 valence electrons. The van der Waals surface area contributed by atoms with E-state index in [1.165, 1.54) is 5.56 Å². The third kappa shape index (κ3) is 11.0. The molecule has 1 saturated heterocycles. The summed E-state index contributed by atoms with van der Waals surface area (Å²) < 4.78 is 0. The van der Waals surface area contributed by atoms with Crippen LogP contribution in [0.15, 0.2) is 36.9 Å². The van der Waals surface area contributed by atoms with Crippen molar-refractivity contribution in [1.82, 2.24) is 25.2 Å². The predicted molar refractivity (Wildman–Crippen MR) is 151 cm³/mol. The first kappa shape index (κ1) is 33.5. The number of aliphatic hydroxyl groups is 1. The summed E-state index contributed by atoms with van der Waals surface area (Å²) in [5.74, 6) is -4.28. The molecule has 2 aromatic heterocycles. The van der Waals surface area contributed by atoms with E-state index in [1.807, 2.05) is 49.8 Å². The van der Waals surface area contributed by atoms with Gasteiger partial charge in [-0.15, -0.1) is 0 Å². The highest BCUT2D eigenvalue weighted by Gasteiger charge is 2.41. The molecule has 41 heavy (non-hydrogen) atoms. The predicted octanol–water partition coefficient (Wildman–Crippen LogP) is 2.00. The quantitative estimate of drug-likeness (QED) is 0.262. The lowest BCUT2D eigenvalue weighted by molar-refractivity contribution is -0.170. The number of rotatable bonds is 11. The minimum atomic E-state index is -2.74. The first-order valence-corrected chi connectivity index (χ1v) is 13.2. The van der Waals surface area contributed by atoms with Crippen LogP contribution in [0, 0.1) is 0 Å². The van der Waals surface area contributed by atoms with Crippen molar-refractivity contribution < 1.29 is 34.8 Å². The number of piperidine rings is 1. The summed E-state index contributed by atoms with van der Waals surface area (Å²) in [5, 5.41) is 37.6. The van der Waals surface area contributed by atoms with Gasteiger partial charge < -0.3 is 30.6 Å². The molecule has 0 aromatic carbocycles. The van der Waals surface area contributed by atoms with Gasteiger partial charge in [0.25, 0.3) is 0 Å². The van der Waals surface area contributed by atoms with E-state index in [9.17, 15) is 14.4 Å². The summed E-state index contributed by atoms with van der Waals surface area (Å²) in [6.45, 7) is 10.9. The number of pyridine rings is 1. The molecule has 1 aliphatic heterocycles. The van der Waals surface area contributed by atoms with Crippen molar-refractivity contribution in [3.05, 3.63) is 48.0 Å². The van der Waals surface area contributed by atoms with Crippen LogP contribution in [0.5, 0.6) is 0 Å². The second-order valence-electron chi connectivity index (χ2n) is 12.0. The summed E-state index contributed by atoms with van der Waals surface area (Å²) in [7, 11) is 3.92. The van der Waals surface area contributed by atoms with Crippen LogP contribution in [0.3, 0.4) is 0 Å². The minimum Gasteiger partial charge on any atom is -0.481 e. The van der Waals surface area contributed by atoms with Crippen molar-refractivity contribution in [3.63, 3.8) is 0 Å². The maximum atomic E-state index is 10.3. The summed E-state index contributed by atoms with van der Waals surface area (Å²) in [6.07, 6.45) is 7.63. The fourth-order valence-corrected chi connectivity index (χ4v) is 5.18. The number of carbonyl (C=O) groups is 3. The lowest BCUT2D eigenvalue weighted by atomic mass is 9.79. The van der Waals surface area contributed by atoms with Crippen LogP contribution in [-0.4, -0.2) is 95.0 Å². The first-order valence-electron chi connectivity index (χ1n) is 13.2. The highest BCUT2D eigenvalue weighted by Crippen LogP contribution is 2.33. The minimum absolute atomic E-state index is 0.102. The molecule has 0 amide bonds. The van der Waals surface area contributed by atoms with Crippen molar-refractivity contribution in [3.8, 4) is 0 Å². The number of aliphatic carboxylic acids is 3. The number of nitrogens with one attached hydrogen (secondary N) is 1. The molecule has 0 saturated carbocycles. The molecule has 0 radical (unpaired) electrons. The molecule has 0 spiro atoms. The van der Waals surface area contributed by atoms with E-state index in [4.69, 9.17) is 20.4 Å². The molecular formula is C28H42N6O7. The Morgan fingerprint density at radius 1 is 0.927 bits per heavy atom. The van der Waals surface area contributed by atoms with Crippen LogP contribution in [0.2, 0.25) is 0 Å². The maximum absolute atomic E-state index is 10.3. The third-order valence-corrected chi connectivity index (χ3v) is 6.56. The van der Waals surface area contributed by atoms with Gasteiger partial charge in [-0.05, 0) is 52.2 Å². The molecule has 13 heteroatoms. The smallest absolute Gasteiger partial charge is 0.336 e. The van der Waals surface area contributed by atoms with Crippen molar-refractivity contribution in [2.24, 2.45) is 0 Å². The van der Waals surface area contributed by atoms with Gasteiger partial charge in [0.1, 0.15) is 0 Å². The van der Waals surface area contributed by atoms with E-state index in [2.05, 4.69) is 58.9 Å². The molecule has 3 heterocycles. The monoisotopic (exact) mass is 574 g/mol. The SMILES string of the molecule is CN(C)c1ncc(CN(Cc2cccnc2)C2CC(C)(C)NC(C)(C)C2)cn1.O=C(O)CC(O)(CC(=O)O)C(=O)O. The fraction of sp³-hybridized carbons (Fsp3) is 0.571. The van der Waals surface area contributed by atoms with E-state index in [0.29, 0.717) is 6.04 Å². The molecule has 0 aliphatic carbocycles. The number of aromatic nitrogens is 3. The van der Waals surface area contributed by atoms with Crippen molar-refractivity contribution >= 4 is 23.9 Å². The fourth-order valence-electron chi connectivity index (χ4n) is 5.18. The topological polar surface area (TPSA) is 189 Å². The number of hydrogen-bond donors (Lipinski definition) is 5. The maximum Gasteiger partial charge on any atom is 0.336 e. The third-order valence-electron chi connectivity index (χ3n) is 6.56. The van der Waals surface area contributed by atoms with Gasteiger partial charge in [-0.1, -0.05) is 6.07 Å². The van der Waals surface area contributed by atoms with Crippen LogP contribution < -0.4 is 10.2 Å². The standard InChI is InChI=1S/C22H34N6.C6H8O7/c1-21(2)10-19(11-22(3,4)26-21)28(15-17-8-7-9-23-12-17)16-18-13-24-20(25-14-18)27(5)6;7-3(8)1-6(13,5(11)12)2-4(9)10/h7-9,12-14,19,26H,10-11,15-16H2,1-6H3;13H,1-2H2,(H,7,8)(H,9,10)(H,11,12). The lowest BCUT2D eigenvalue weighted by Gasteiger charge is -2.49. The Labute approximate surface area is 240 Å². The van der Waals surface area contributed by atoms with Gasteiger partial charge in [0, 0.05) is 74.7 Å². The van der Waals surface area contributed by atoms with Gasteiger partial charge >= 0.3 is 17.9 Å². The van der Waals surface area contributed by atoms with Crippen molar-refractivity contribution in [2.45, 2.75) is 89.2 Å². The molecule has 2 aromatic rings. The van der Waals surface area contributed by atoms with E-state index < -0.39 is 36.4 Å². The van der Waals surface area contributed by atoms with E-state index in [-0.39, 0.29) is 11.1 Å². The van der Waals surface area contributed by atoms with Gasteiger partial charge in [-0.3, -0.25) is 19.5 Å². The van der Waals surface area contributed by atoms with Gasteiger partial charge in [0.05, 0.1) is 12.8 Å². The number of carboxylic acids is 3. The van der Waals surface area contributed by atoms with Crippen LogP contribution >= 0.6 is 0 Å². The zero-order valence-corrected chi connectivity index (χ0v) is 24.5. The normalized spacial score (nSPS) is 16.4. The zero-order valence-electron chi connectivity index (χ0n) is 24.5. The molecule has 5 N–H and O–H groups in total. The second kappa shape index (κ2) is 13.8. The molecule has 0 atom stereocenters. The van der Waals surface area contributed by atoms with Crippen LogP contribution in [0.1, 0.15) is 64.5 Å². The number of hydrogen-bond acceptors (Lipinski definition) is 10. The van der Waals surface area contributed by atoms with Crippen LogP contribution in [0.25, 0.3) is 0 Å². The molecule has 0 unspecified atom stereocenters. The van der Waals surface area contributed by atoms with Gasteiger partial charge in [-0.25, -0.2) is 14.8 Å². The first-order chi connectivity index (χ1) is 18.9. The lowest BCUT2D eigenvalue weighted by Crippen LogP contribution is -2.62. The Hall–Kier alpha value is -3.68. The van der Waals surface area contributed by atoms with E-state index >= 15 is 0 Å². The highest BCUT2D eigenvalue weighted by molar-refractivity contribution is 5.88. The molecule has 0 bridgehead atoms. The summed E-state index contributed by atoms with van der Waals surface area (Å²) in [5.41, 5.74) is -0.154. The molecular weight excluding hydrogens is 532 g/mol.